The number of rotatable bonds is 1. The highest BCUT2D eigenvalue weighted by atomic mass is 16.6. The molecule has 0 radical (unpaired) electrons. The fourth-order valence-electron chi connectivity index (χ4n) is 3.04. The zero-order valence-electron chi connectivity index (χ0n) is 12.3. The first-order valence-corrected chi connectivity index (χ1v) is 6.95. The van der Waals surface area contributed by atoms with Crippen LogP contribution in [0, 0.1) is 0 Å². The Hall–Kier alpha value is -0.770. The van der Waals surface area contributed by atoms with Gasteiger partial charge in [-0.25, -0.2) is 4.79 Å². The maximum absolute atomic E-state index is 12.1. The molecule has 3 fully saturated rings. The van der Waals surface area contributed by atoms with Crippen LogP contribution in [0.1, 0.15) is 46.5 Å². The topological polar surface area (TPSA) is 32.8 Å². The summed E-state index contributed by atoms with van der Waals surface area (Å²) in [6.07, 6.45) is 4.50. The average Bonchev–Trinajstić information content (AvgIpc) is 2.56. The zero-order chi connectivity index (χ0) is 13.5. The molecule has 104 valence electrons. The summed E-state index contributed by atoms with van der Waals surface area (Å²) < 4.78 is 5.44. The van der Waals surface area contributed by atoms with E-state index in [1.54, 1.807) is 4.90 Å². The molecule has 2 aliphatic heterocycles. The Labute approximate surface area is 110 Å². The van der Waals surface area contributed by atoms with Crippen molar-refractivity contribution in [2.45, 2.75) is 70.2 Å². The van der Waals surface area contributed by atoms with Crippen LogP contribution < -0.4 is 0 Å². The third kappa shape index (κ3) is 2.79. The minimum atomic E-state index is -0.408. The number of hydrogen-bond acceptors (Lipinski definition) is 3. The first-order chi connectivity index (χ1) is 8.28. The molecule has 1 aliphatic carbocycles. The Morgan fingerprint density at radius 2 is 1.89 bits per heavy atom. The number of amides is 1. The molecule has 3 unspecified atom stereocenters. The van der Waals surface area contributed by atoms with E-state index in [4.69, 9.17) is 4.74 Å². The predicted octanol–water partition coefficient (Wildman–Crippen LogP) is 2.48. The van der Waals surface area contributed by atoms with Gasteiger partial charge in [-0.05, 0) is 53.5 Å². The van der Waals surface area contributed by atoms with Gasteiger partial charge in [0.1, 0.15) is 5.60 Å². The van der Waals surface area contributed by atoms with Crippen molar-refractivity contribution in [1.82, 2.24) is 9.80 Å². The van der Waals surface area contributed by atoms with Gasteiger partial charge in [-0.3, -0.25) is 0 Å². The summed E-state index contributed by atoms with van der Waals surface area (Å²) in [5.41, 5.74) is -0.408. The number of hydrogen-bond donors (Lipinski definition) is 0. The van der Waals surface area contributed by atoms with Gasteiger partial charge < -0.3 is 14.5 Å². The Kier molecular flexibility index (Phi) is 3.58. The fraction of sp³-hybridized carbons (Fsp3) is 0.929. The molecule has 0 N–H and O–H groups in total. The molecule has 18 heavy (non-hydrogen) atoms. The highest BCUT2D eigenvalue weighted by molar-refractivity contribution is 5.68. The first kappa shape index (κ1) is 13.7. The monoisotopic (exact) mass is 254 g/mol. The molecule has 4 nitrogen and oxygen atoms in total. The van der Waals surface area contributed by atoms with Crippen LogP contribution in [-0.4, -0.2) is 53.7 Å². The van der Waals surface area contributed by atoms with E-state index in [1.807, 2.05) is 27.8 Å². The summed E-state index contributed by atoms with van der Waals surface area (Å²) >= 11 is 0. The molecular weight excluding hydrogens is 228 g/mol. The SMILES string of the molecule is CN(C(=O)OC(C)(C)C)C1CCC2CC(C1)N2C. The van der Waals surface area contributed by atoms with E-state index in [0.29, 0.717) is 12.1 Å². The van der Waals surface area contributed by atoms with Crippen molar-refractivity contribution in [2.24, 2.45) is 0 Å². The van der Waals surface area contributed by atoms with Gasteiger partial charge in [0.2, 0.25) is 0 Å². The molecule has 3 atom stereocenters. The van der Waals surface area contributed by atoms with Crippen molar-refractivity contribution < 1.29 is 9.53 Å². The molecule has 2 heterocycles. The summed E-state index contributed by atoms with van der Waals surface area (Å²) in [5.74, 6) is 0. The lowest BCUT2D eigenvalue weighted by Gasteiger charge is -2.45. The number of nitrogens with zero attached hydrogens (tertiary/aromatic N) is 2. The number of fused-ring (bicyclic) bond motifs is 3. The van der Waals surface area contributed by atoms with Gasteiger partial charge in [0.15, 0.2) is 0 Å². The smallest absolute Gasteiger partial charge is 0.410 e. The maximum Gasteiger partial charge on any atom is 0.410 e. The molecule has 0 aromatic rings. The molecule has 2 saturated heterocycles. The lowest BCUT2D eigenvalue weighted by atomic mass is 9.92. The second-order valence-electron chi connectivity index (χ2n) is 6.77. The van der Waals surface area contributed by atoms with Crippen LogP contribution >= 0.6 is 0 Å². The summed E-state index contributed by atoms with van der Waals surface area (Å²) in [4.78, 5) is 16.3. The zero-order valence-corrected chi connectivity index (χ0v) is 12.3. The Morgan fingerprint density at radius 3 is 2.44 bits per heavy atom. The van der Waals surface area contributed by atoms with Crippen LogP contribution in [0.15, 0.2) is 0 Å². The van der Waals surface area contributed by atoms with Crippen LogP contribution in [0.2, 0.25) is 0 Å². The van der Waals surface area contributed by atoms with E-state index in [-0.39, 0.29) is 6.09 Å². The van der Waals surface area contributed by atoms with Gasteiger partial charge in [0.25, 0.3) is 0 Å². The normalized spacial score (nSPS) is 32.4. The number of carbonyl (C=O) groups is 1. The predicted molar refractivity (Wildman–Crippen MR) is 71.6 cm³/mol. The molecule has 3 aliphatic rings. The van der Waals surface area contributed by atoms with Crippen molar-refractivity contribution in [1.29, 1.82) is 0 Å². The molecule has 0 spiro atoms. The fourth-order valence-corrected chi connectivity index (χ4v) is 3.04. The van der Waals surface area contributed by atoms with E-state index in [2.05, 4.69) is 11.9 Å². The van der Waals surface area contributed by atoms with Gasteiger partial charge in [-0.2, -0.15) is 0 Å². The third-order valence-corrected chi connectivity index (χ3v) is 4.30. The molecule has 1 saturated carbocycles. The molecule has 1 amide bonds. The number of carbonyl (C=O) groups excluding carboxylic acids is 1. The standard InChI is InChI=1S/C14H26N2O2/c1-14(2,3)18-13(17)16(5)11-7-6-10-8-12(9-11)15(10)4/h10-12H,6-9H2,1-5H3. The Bertz CT molecular complexity index is 324. The van der Waals surface area contributed by atoms with Crippen LogP contribution in [0.3, 0.4) is 0 Å². The second kappa shape index (κ2) is 4.72. The molecule has 0 aromatic heterocycles. The third-order valence-electron chi connectivity index (χ3n) is 4.30. The molecule has 3 rings (SSSR count). The van der Waals surface area contributed by atoms with Crippen molar-refractivity contribution >= 4 is 6.09 Å². The molecular formula is C14H26N2O2. The van der Waals surface area contributed by atoms with E-state index in [9.17, 15) is 4.79 Å². The van der Waals surface area contributed by atoms with Crippen molar-refractivity contribution in [3.63, 3.8) is 0 Å². The van der Waals surface area contributed by atoms with Crippen LogP contribution in [0.4, 0.5) is 4.79 Å². The largest absolute Gasteiger partial charge is 0.444 e. The van der Waals surface area contributed by atoms with Crippen LogP contribution in [-0.2, 0) is 4.74 Å². The summed E-state index contributed by atoms with van der Waals surface area (Å²) in [6, 6.07) is 1.74. The maximum atomic E-state index is 12.1. The van der Waals surface area contributed by atoms with E-state index >= 15 is 0 Å². The van der Waals surface area contributed by atoms with Gasteiger partial charge in [-0.15, -0.1) is 0 Å². The lowest BCUT2D eigenvalue weighted by Crippen LogP contribution is -2.52. The Balaban J connectivity index is 1.93. The molecule has 0 aromatic carbocycles. The first-order valence-electron chi connectivity index (χ1n) is 6.95. The molecule has 4 heteroatoms. The number of ether oxygens (including phenoxy) is 1. The highest BCUT2D eigenvalue weighted by Gasteiger charge is 2.41. The van der Waals surface area contributed by atoms with Crippen molar-refractivity contribution in [3.05, 3.63) is 0 Å². The highest BCUT2D eigenvalue weighted by Crippen LogP contribution is 2.36. The quantitative estimate of drug-likeness (QED) is 0.720. The Morgan fingerprint density at radius 1 is 1.22 bits per heavy atom. The van der Waals surface area contributed by atoms with Crippen LogP contribution in [0.25, 0.3) is 0 Å². The second-order valence-corrected chi connectivity index (χ2v) is 6.77. The minimum absolute atomic E-state index is 0.186. The minimum Gasteiger partial charge on any atom is -0.444 e. The van der Waals surface area contributed by atoms with E-state index < -0.39 is 5.60 Å². The van der Waals surface area contributed by atoms with Gasteiger partial charge in [0.05, 0.1) is 0 Å². The summed E-state index contributed by atoms with van der Waals surface area (Å²) in [5, 5.41) is 0. The molecule has 2 bridgehead atoms. The summed E-state index contributed by atoms with van der Waals surface area (Å²) in [6.45, 7) is 5.74. The van der Waals surface area contributed by atoms with E-state index in [1.165, 1.54) is 12.8 Å². The van der Waals surface area contributed by atoms with Gasteiger partial charge in [-0.1, -0.05) is 0 Å². The van der Waals surface area contributed by atoms with Crippen molar-refractivity contribution in [2.75, 3.05) is 14.1 Å². The van der Waals surface area contributed by atoms with E-state index in [0.717, 1.165) is 18.9 Å². The van der Waals surface area contributed by atoms with Crippen LogP contribution in [0.5, 0.6) is 0 Å². The summed E-state index contributed by atoms with van der Waals surface area (Å²) in [7, 11) is 4.08. The average molecular weight is 254 g/mol. The lowest BCUT2D eigenvalue weighted by molar-refractivity contribution is 0.0158. The van der Waals surface area contributed by atoms with Gasteiger partial charge >= 0.3 is 6.09 Å². The van der Waals surface area contributed by atoms with Gasteiger partial charge in [0, 0.05) is 25.2 Å². The van der Waals surface area contributed by atoms with Crippen molar-refractivity contribution in [3.8, 4) is 0 Å².